The van der Waals surface area contributed by atoms with Gasteiger partial charge in [-0.3, -0.25) is 4.90 Å². The quantitative estimate of drug-likeness (QED) is 0.754. The minimum absolute atomic E-state index is 0. The molecule has 0 spiro atoms. The second-order valence-corrected chi connectivity index (χ2v) is 9.01. The zero-order valence-corrected chi connectivity index (χ0v) is 18.1. The van der Waals surface area contributed by atoms with Gasteiger partial charge in [0.2, 0.25) is 0 Å². The van der Waals surface area contributed by atoms with Gasteiger partial charge in [-0.25, -0.2) is 0 Å². The van der Waals surface area contributed by atoms with Crippen LogP contribution in [-0.2, 0) is 18.3 Å². The molecule has 0 aromatic heterocycles. The summed E-state index contributed by atoms with van der Waals surface area (Å²) in [4.78, 5) is 2.77. The number of hydrogen-bond donors (Lipinski definition) is 1. The highest BCUT2D eigenvalue weighted by Gasteiger charge is 2.53. The Morgan fingerprint density at radius 1 is 1.14 bits per heavy atom. The summed E-state index contributed by atoms with van der Waals surface area (Å²) in [6.45, 7) is 2.30. The van der Waals surface area contributed by atoms with Crippen LogP contribution < -0.4 is 4.74 Å². The third kappa shape index (κ3) is 3.53. The smallest absolute Gasteiger partial charge is 0.119 e. The first-order valence-electron chi connectivity index (χ1n) is 10.9. The zero-order valence-electron chi connectivity index (χ0n) is 17.3. The molecule has 29 heavy (non-hydrogen) atoms. The first-order chi connectivity index (χ1) is 13.7. The SMILES string of the molecule is COc1cccc(CCN2CC[C@@]34CCCC[C@H]3[C@@H]2Cc2ccc(O)cc24)c1.Cl. The topological polar surface area (TPSA) is 32.7 Å². The average molecular weight is 414 g/mol. The second-order valence-electron chi connectivity index (χ2n) is 9.01. The maximum Gasteiger partial charge on any atom is 0.119 e. The Balaban J connectivity index is 0.00000205. The van der Waals surface area contributed by atoms with Crippen LogP contribution in [0.25, 0.3) is 0 Å². The van der Waals surface area contributed by atoms with E-state index >= 15 is 0 Å². The van der Waals surface area contributed by atoms with Gasteiger partial charge in [-0.05, 0) is 85.5 Å². The number of methoxy groups -OCH3 is 1. The molecule has 1 N–H and O–H groups in total. The fraction of sp³-hybridized carbons (Fsp3) is 0.520. The highest BCUT2D eigenvalue weighted by molar-refractivity contribution is 5.85. The first kappa shape index (κ1) is 20.6. The molecule has 2 aliphatic carbocycles. The molecule has 3 aliphatic rings. The Kier molecular flexibility index (Phi) is 5.81. The van der Waals surface area contributed by atoms with Crippen LogP contribution in [0, 0.1) is 5.92 Å². The van der Waals surface area contributed by atoms with Crippen LogP contribution in [0.5, 0.6) is 11.5 Å². The van der Waals surface area contributed by atoms with E-state index in [1.807, 2.05) is 12.1 Å². The highest BCUT2D eigenvalue weighted by atomic mass is 35.5. The predicted molar refractivity (Wildman–Crippen MR) is 119 cm³/mol. The van der Waals surface area contributed by atoms with E-state index in [0.717, 1.165) is 31.1 Å². The van der Waals surface area contributed by atoms with E-state index in [-0.39, 0.29) is 12.4 Å². The lowest BCUT2D eigenvalue weighted by atomic mass is 9.52. The molecule has 2 fully saturated rings. The minimum atomic E-state index is 0. The van der Waals surface area contributed by atoms with Crippen LogP contribution in [-0.4, -0.2) is 36.2 Å². The number of phenols is 1. The molecule has 0 radical (unpaired) electrons. The van der Waals surface area contributed by atoms with E-state index in [9.17, 15) is 5.11 Å². The number of piperidine rings is 1. The lowest BCUT2D eigenvalue weighted by molar-refractivity contribution is -0.0107. The average Bonchev–Trinajstić information content (AvgIpc) is 2.74. The number of fused-ring (bicyclic) bond motifs is 1. The second kappa shape index (κ2) is 8.20. The van der Waals surface area contributed by atoms with Gasteiger partial charge in [0.05, 0.1) is 7.11 Å². The van der Waals surface area contributed by atoms with Gasteiger partial charge in [-0.15, -0.1) is 12.4 Å². The number of rotatable bonds is 4. The van der Waals surface area contributed by atoms with Gasteiger partial charge in [-0.2, -0.15) is 0 Å². The van der Waals surface area contributed by atoms with E-state index in [0.29, 0.717) is 17.2 Å². The van der Waals surface area contributed by atoms with Crippen molar-refractivity contribution < 1.29 is 9.84 Å². The molecule has 1 saturated heterocycles. The summed E-state index contributed by atoms with van der Waals surface area (Å²) in [5.74, 6) is 2.14. The van der Waals surface area contributed by atoms with Crippen LogP contribution in [0.1, 0.15) is 48.8 Å². The van der Waals surface area contributed by atoms with Crippen molar-refractivity contribution in [2.75, 3.05) is 20.2 Å². The molecule has 156 valence electrons. The van der Waals surface area contributed by atoms with Gasteiger partial charge < -0.3 is 9.84 Å². The van der Waals surface area contributed by atoms with Crippen LogP contribution >= 0.6 is 12.4 Å². The Bertz CT molecular complexity index is 870. The maximum atomic E-state index is 10.2. The van der Waals surface area contributed by atoms with Crippen molar-refractivity contribution in [3.63, 3.8) is 0 Å². The van der Waals surface area contributed by atoms with E-state index in [2.05, 4.69) is 35.2 Å². The first-order valence-corrected chi connectivity index (χ1v) is 10.9. The molecule has 4 heteroatoms. The Hall–Kier alpha value is -1.71. The molecule has 3 nitrogen and oxygen atoms in total. The molecule has 2 bridgehead atoms. The van der Waals surface area contributed by atoms with E-state index in [4.69, 9.17) is 4.74 Å². The summed E-state index contributed by atoms with van der Waals surface area (Å²) in [6, 6.07) is 15.3. The Morgan fingerprint density at radius 2 is 2.03 bits per heavy atom. The third-order valence-electron chi connectivity index (χ3n) is 7.76. The molecule has 2 aromatic rings. The molecular formula is C25H32ClNO2. The summed E-state index contributed by atoms with van der Waals surface area (Å²) >= 11 is 0. The van der Waals surface area contributed by atoms with Crippen LogP contribution in [0.3, 0.4) is 0 Å². The van der Waals surface area contributed by atoms with Crippen LogP contribution in [0.4, 0.5) is 0 Å². The van der Waals surface area contributed by atoms with Gasteiger partial charge in [-0.1, -0.05) is 31.0 Å². The van der Waals surface area contributed by atoms with Crippen molar-refractivity contribution in [2.45, 2.75) is 56.4 Å². The van der Waals surface area contributed by atoms with Crippen molar-refractivity contribution in [2.24, 2.45) is 5.92 Å². The van der Waals surface area contributed by atoms with Crippen molar-refractivity contribution in [1.82, 2.24) is 4.90 Å². The Labute approximate surface area is 180 Å². The minimum Gasteiger partial charge on any atom is -0.508 e. The zero-order chi connectivity index (χ0) is 19.1. The molecule has 5 rings (SSSR count). The van der Waals surface area contributed by atoms with Crippen LogP contribution in [0.2, 0.25) is 0 Å². The molecule has 3 atom stereocenters. The largest absolute Gasteiger partial charge is 0.508 e. The number of benzene rings is 2. The number of likely N-dealkylation sites (tertiary alicyclic amines) is 1. The van der Waals surface area contributed by atoms with E-state index in [1.54, 1.807) is 7.11 Å². The maximum absolute atomic E-state index is 10.2. The van der Waals surface area contributed by atoms with E-state index in [1.165, 1.54) is 55.3 Å². The van der Waals surface area contributed by atoms with Gasteiger partial charge in [0.1, 0.15) is 11.5 Å². The summed E-state index contributed by atoms with van der Waals surface area (Å²) in [5.41, 5.74) is 4.62. The number of hydrogen-bond acceptors (Lipinski definition) is 3. The predicted octanol–water partition coefficient (Wildman–Crippen LogP) is 5.12. The number of aromatic hydroxyl groups is 1. The molecule has 0 amide bonds. The van der Waals surface area contributed by atoms with Crippen molar-refractivity contribution in [3.8, 4) is 11.5 Å². The molecule has 2 aromatic carbocycles. The monoisotopic (exact) mass is 413 g/mol. The fourth-order valence-electron chi connectivity index (χ4n) is 6.45. The lowest BCUT2D eigenvalue weighted by Crippen LogP contribution is -2.61. The summed E-state index contributed by atoms with van der Waals surface area (Å²) < 4.78 is 5.40. The number of halogens is 1. The standard InChI is InChI=1S/C25H31NO2.ClH/c1-28-21-6-4-5-18(15-21)10-13-26-14-12-25-11-3-2-7-22(25)24(26)16-19-8-9-20(27)17-23(19)25;/h4-6,8-9,15,17,22,24,27H,2-3,7,10-14,16H2,1H3;1H/t22-,24-,25-;/m0./s1. The molecular weight excluding hydrogens is 382 g/mol. The summed E-state index contributed by atoms with van der Waals surface area (Å²) in [7, 11) is 1.74. The van der Waals surface area contributed by atoms with Crippen molar-refractivity contribution in [1.29, 1.82) is 0 Å². The molecule has 1 saturated carbocycles. The van der Waals surface area contributed by atoms with Crippen molar-refractivity contribution in [3.05, 3.63) is 59.2 Å². The van der Waals surface area contributed by atoms with Crippen molar-refractivity contribution >= 4 is 12.4 Å². The number of nitrogens with zero attached hydrogens (tertiary/aromatic N) is 1. The molecule has 0 unspecified atom stereocenters. The van der Waals surface area contributed by atoms with Gasteiger partial charge in [0.25, 0.3) is 0 Å². The van der Waals surface area contributed by atoms with Gasteiger partial charge in [0, 0.05) is 18.0 Å². The number of ether oxygens (including phenoxy) is 1. The Morgan fingerprint density at radius 3 is 2.90 bits per heavy atom. The van der Waals surface area contributed by atoms with Gasteiger partial charge in [0.15, 0.2) is 0 Å². The fourth-order valence-corrected chi connectivity index (χ4v) is 6.45. The lowest BCUT2D eigenvalue weighted by Gasteiger charge is -2.59. The molecule has 1 heterocycles. The van der Waals surface area contributed by atoms with Gasteiger partial charge >= 0.3 is 0 Å². The molecule has 1 aliphatic heterocycles. The van der Waals surface area contributed by atoms with E-state index < -0.39 is 0 Å². The summed E-state index contributed by atoms with van der Waals surface area (Å²) in [5, 5.41) is 10.2. The third-order valence-corrected chi connectivity index (χ3v) is 7.76. The number of phenolic OH excluding ortho intramolecular Hbond substituents is 1. The highest BCUT2D eigenvalue weighted by Crippen LogP contribution is 2.56. The normalized spacial score (nSPS) is 28.0. The summed E-state index contributed by atoms with van der Waals surface area (Å²) in [6.07, 6.45) is 8.80. The van der Waals surface area contributed by atoms with Crippen LogP contribution in [0.15, 0.2) is 42.5 Å².